The van der Waals surface area contributed by atoms with Gasteiger partial charge in [-0.15, -0.1) is 0 Å². The van der Waals surface area contributed by atoms with Crippen LogP contribution in [0.25, 0.3) is 11.0 Å². The lowest BCUT2D eigenvalue weighted by atomic mass is 9.67. The number of rotatable bonds is 5. The molecule has 3 aromatic rings. The summed E-state index contributed by atoms with van der Waals surface area (Å²) in [6.07, 6.45) is 4.63. The van der Waals surface area contributed by atoms with E-state index in [-0.39, 0.29) is 29.6 Å². The van der Waals surface area contributed by atoms with E-state index in [0.29, 0.717) is 36.7 Å². The Bertz CT molecular complexity index is 1420. The number of ether oxygens (including phenoxy) is 2. The lowest BCUT2D eigenvalue weighted by Gasteiger charge is -2.55. The van der Waals surface area contributed by atoms with Gasteiger partial charge in [-0.3, -0.25) is 9.78 Å². The van der Waals surface area contributed by atoms with Crippen LogP contribution in [0.3, 0.4) is 0 Å². The molecule has 3 fully saturated rings. The molecule has 1 aliphatic carbocycles. The number of aromatic nitrogens is 3. The van der Waals surface area contributed by atoms with E-state index in [1.807, 2.05) is 12.1 Å². The van der Waals surface area contributed by atoms with Gasteiger partial charge in [0.25, 0.3) is 5.56 Å². The van der Waals surface area contributed by atoms with E-state index in [0.717, 1.165) is 49.8 Å². The highest BCUT2D eigenvalue weighted by molar-refractivity contribution is 5.81. The fourth-order valence-electron chi connectivity index (χ4n) is 6.51. The molecule has 4 aliphatic heterocycles. The first kappa shape index (κ1) is 22.1. The highest BCUT2D eigenvalue weighted by Gasteiger charge is 2.55. The van der Waals surface area contributed by atoms with Crippen molar-refractivity contribution in [2.75, 3.05) is 25.1 Å². The maximum absolute atomic E-state index is 15.0. The number of halogens is 1. The Morgan fingerprint density at radius 2 is 2.06 bits per heavy atom. The molecular weight excluding hydrogens is 465 g/mol. The Labute approximate surface area is 206 Å². The Balaban J connectivity index is 1.08. The van der Waals surface area contributed by atoms with E-state index >= 15 is 0 Å². The zero-order chi connectivity index (χ0) is 24.5. The van der Waals surface area contributed by atoms with Crippen LogP contribution in [0.2, 0.25) is 0 Å². The van der Waals surface area contributed by atoms with Gasteiger partial charge in [0.2, 0.25) is 5.88 Å². The van der Waals surface area contributed by atoms with E-state index in [9.17, 15) is 14.3 Å². The lowest BCUT2D eigenvalue weighted by Crippen LogP contribution is -2.62. The second kappa shape index (κ2) is 7.71. The van der Waals surface area contributed by atoms with Crippen LogP contribution in [0.1, 0.15) is 43.4 Å². The second-order valence-corrected chi connectivity index (χ2v) is 10.7. The Morgan fingerprint density at radius 3 is 2.86 bits per heavy atom. The van der Waals surface area contributed by atoms with Gasteiger partial charge in [-0.2, -0.15) is 0 Å². The van der Waals surface area contributed by atoms with Crippen LogP contribution in [-0.2, 0) is 23.4 Å². The number of aliphatic hydroxyl groups is 1. The first-order chi connectivity index (χ1) is 17.4. The Morgan fingerprint density at radius 1 is 1.19 bits per heavy atom. The number of nitrogens with one attached hydrogen (secondary N) is 2. The predicted molar refractivity (Wildman–Crippen MR) is 129 cm³/mol. The van der Waals surface area contributed by atoms with E-state index in [2.05, 4.69) is 20.6 Å². The first-order valence-electron chi connectivity index (χ1n) is 12.5. The molecule has 3 N–H and O–H groups in total. The van der Waals surface area contributed by atoms with Gasteiger partial charge in [0.15, 0.2) is 0 Å². The fraction of sp³-hybridized carbons (Fsp3) is 0.500. The van der Waals surface area contributed by atoms with Gasteiger partial charge < -0.3 is 29.8 Å². The summed E-state index contributed by atoms with van der Waals surface area (Å²) in [5.74, 6) is 0.0561. The number of nitrogens with zero attached hydrogens (tertiary/aromatic N) is 3. The molecule has 5 aliphatic rings. The lowest BCUT2D eigenvalue weighted by molar-refractivity contribution is -0.192. The highest BCUT2D eigenvalue weighted by Crippen LogP contribution is 2.51. The van der Waals surface area contributed by atoms with Crippen molar-refractivity contribution in [3.05, 3.63) is 57.9 Å². The first-order valence-corrected chi connectivity index (χ1v) is 12.5. The number of hydrogen-bond acceptors (Lipinski definition) is 8. The molecule has 0 amide bonds. The van der Waals surface area contributed by atoms with Crippen LogP contribution in [0.5, 0.6) is 5.88 Å². The molecule has 0 aromatic carbocycles. The average Bonchev–Trinajstić information content (AvgIpc) is 3.21. The number of anilines is 1. The fourth-order valence-corrected chi connectivity index (χ4v) is 6.51. The molecule has 0 spiro atoms. The minimum Gasteiger partial charge on any atom is -0.474 e. The minimum absolute atomic E-state index is 0.0105. The van der Waals surface area contributed by atoms with Crippen molar-refractivity contribution in [1.82, 2.24) is 19.9 Å². The third kappa shape index (κ3) is 3.35. The van der Waals surface area contributed by atoms with Crippen LogP contribution >= 0.6 is 0 Å². The van der Waals surface area contributed by atoms with E-state index < -0.39 is 17.0 Å². The second-order valence-electron chi connectivity index (χ2n) is 10.7. The molecule has 8 rings (SSSR count). The molecule has 2 bridgehead atoms. The summed E-state index contributed by atoms with van der Waals surface area (Å²) >= 11 is 0. The number of hydrogen-bond donors (Lipinski definition) is 3. The maximum Gasteiger partial charge on any atom is 0.251 e. The van der Waals surface area contributed by atoms with E-state index in [1.165, 1.54) is 10.6 Å². The standard InChI is InChI=1S/C26H28FN5O4/c27-17-12-29-18-3-4-20(33)32-14-26(34,21(17)22(18)32)13-25-7-5-24(6-8-25,15-36-25)30-11-16-1-2-19-23(31-16)35-10-9-28-19/h1-4,12,28,30,34H,5-11,13-15H2/t24?,25?,26-/m0/s1. The van der Waals surface area contributed by atoms with Crippen LogP contribution in [0, 0.1) is 5.82 Å². The molecule has 10 heteroatoms. The normalized spacial score (nSPS) is 30.2. The summed E-state index contributed by atoms with van der Waals surface area (Å²) in [5.41, 5.74) is 0.385. The molecule has 3 aromatic heterocycles. The van der Waals surface area contributed by atoms with Crippen molar-refractivity contribution in [3.8, 4) is 5.88 Å². The average molecular weight is 494 g/mol. The van der Waals surface area contributed by atoms with Crippen molar-refractivity contribution < 1.29 is 19.0 Å². The quantitative estimate of drug-likeness (QED) is 0.496. The van der Waals surface area contributed by atoms with Gasteiger partial charge in [0, 0.05) is 36.7 Å². The van der Waals surface area contributed by atoms with Crippen LogP contribution in [0.4, 0.5) is 10.1 Å². The molecule has 0 unspecified atom stereocenters. The van der Waals surface area contributed by atoms with Crippen LogP contribution in [-0.4, -0.2) is 50.5 Å². The minimum atomic E-state index is -1.52. The van der Waals surface area contributed by atoms with E-state index in [4.69, 9.17) is 9.47 Å². The number of pyridine rings is 3. The molecule has 0 radical (unpaired) electrons. The van der Waals surface area contributed by atoms with Crippen LogP contribution < -0.4 is 20.9 Å². The van der Waals surface area contributed by atoms with Gasteiger partial charge in [-0.05, 0) is 43.9 Å². The molecule has 1 atom stereocenters. The van der Waals surface area contributed by atoms with Gasteiger partial charge in [-0.1, -0.05) is 0 Å². The molecule has 7 heterocycles. The molecule has 9 nitrogen and oxygen atoms in total. The SMILES string of the molecule is O=c1ccc2ncc(F)c3c2n1C[C@@]3(O)CC12CCC(NCc3ccc4c(n3)OCCN4)(CC1)CO2. The van der Waals surface area contributed by atoms with Gasteiger partial charge in [-0.25, -0.2) is 9.37 Å². The maximum atomic E-state index is 15.0. The summed E-state index contributed by atoms with van der Waals surface area (Å²) in [4.78, 5) is 21.3. The van der Waals surface area contributed by atoms with Crippen molar-refractivity contribution in [3.63, 3.8) is 0 Å². The van der Waals surface area contributed by atoms with Crippen molar-refractivity contribution >= 4 is 16.7 Å². The van der Waals surface area contributed by atoms with Crippen molar-refractivity contribution in [1.29, 1.82) is 0 Å². The molecule has 1 saturated carbocycles. The van der Waals surface area contributed by atoms with Crippen LogP contribution in [0.15, 0.2) is 35.3 Å². The van der Waals surface area contributed by atoms with Gasteiger partial charge >= 0.3 is 0 Å². The topological polar surface area (TPSA) is 111 Å². The van der Waals surface area contributed by atoms with Gasteiger partial charge in [0.1, 0.15) is 18.0 Å². The predicted octanol–water partition coefficient (Wildman–Crippen LogP) is 2.20. The smallest absolute Gasteiger partial charge is 0.251 e. The zero-order valence-electron chi connectivity index (χ0n) is 19.8. The third-order valence-electron chi connectivity index (χ3n) is 8.45. The largest absolute Gasteiger partial charge is 0.474 e. The summed E-state index contributed by atoms with van der Waals surface area (Å²) in [7, 11) is 0. The highest BCUT2D eigenvalue weighted by atomic mass is 19.1. The Hall–Kier alpha value is -3.08. The molecule has 188 valence electrons. The summed E-state index contributed by atoms with van der Waals surface area (Å²) in [6, 6.07) is 7.00. The molecular formula is C26H28FN5O4. The van der Waals surface area contributed by atoms with Crippen molar-refractivity contribution in [2.45, 2.75) is 61.9 Å². The summed E-state index contributed by atoms with van der Waals surface area (Å²) in [6.45, 7) is 2.52. The number of fused-ring (bicyclic) bond motifs is 4. The van der Waals surface area contributed by atoms with E-state index in [1.54, 1.807) is 6.07 Å². The summed E-state index contributed by atoms with van der Waals surface area (Å²) in [5, 5.41) is 18.7. The summed E-state index contributed by atoms with van der Waals surface area (Å²) < 4.78 is 28.5. The molecule has 36 heavy (non-hydrogen) atoms. The third-order valence-corrected chi connectivity index (χ3v) is 8.45. The molecule has 2 saturated heterocycles. The van der Waals surface area contributed by atoms with Crippen molar-refractivity contribution in [2.24, 2.45) is 0 Å². The Kier molecular flexibility index (Phi) is 4.74. The van der Waals surface area contributed by atoms with Gasteiger partial charge in [0.05, 0.1) is 47.4 Å². The zero-order valence-corrected chi connectivity index (χ0v) is 19.8. The monoisotopic (exact) mass is 493 g/mol.